The van der Waals surface area contributed by atoms with Gasteiger partial charge in [-0.25, -0.2) is 4.79 Å². The molecule has 0 aromatic carbocycles. The highest BCUT2D eigenvalue weighted by Gasteiger charge is 2.16. The molecule has 1 heterocycles. The third-order valence-corrected chi connectivity index (χ3v) is 2.64. The maximum absolute atomic E-state index is 11.4. The summed E-state index contributed by atoms with van der Waals surface area (Å²) >= 11 is 1.68. The van der Waals surface area contributed by atoms with E-state index in [4.69, 9.17) is 4.42 Å². The van der Waals surface area contributed by atoms with Crippen molar-refractivity contribution in [3.8, 4) is 0 Å². The van der Waals surface area contributed by atoms with Gasteiger partial charge in [0.15, 0.2) is 0 Å². The van der Waals surface area contributed by atoms with Gasteiger partial charge in [0.1, 0.15) is 11.8 Å². The molecule has 0 bridgehead atoms. The molecule has 1 aromatic heterocycles. The molecule has 0 radical (unpaired) electrons. The third kappa shape index (κ3) is 4.10. The fraction of sp³-hybridized carbons (Fsp3) is 0.455. The van der Waals surface area contributed by atoms with Gasteiger partial charge in [0.05, 0.1) is 19.6 Å². The van der Waals surface area contributed by atoms with E-state index in [2.05, 4.69) is 9.73 Å². The van der Waals surface area contributed by atoms with Crippen LogP contribution in [0.15, 0.2) is 27.8 Å². The van der Waals surface area contributed by atoms with Gasteiger partial charge in [0.25, 0.3) is 0 Å². The highest BCUT2D eigenvalue weighted by Crippen LogP contribution is 2.07. The maximum atomic E-state index is 11.4. The van der Waals surface area contributed by atoms with Crippen LogP contribution in [0.5, 0.6) is 0 Å². The quantitative estimate of drug-likeness (QED) is 0.564. The zero-order valence-electron chi connectivity index (χ0n) is 9.38. The van der Waals surface area contributed by atoms with Crippen LogP contribution < -0.4 is 0 Å². The number of carbonyl (C=O) groups excluding carboxylic acids is 1. The van der Waals surface area contributed by atoms with Gasteiger partial charge in [-0.15, -0.1) is 0 Å². The van der Waals surface area contributed by atoms with Crippen molar-refractivity contribution in [1.82, 2.24) is 0 Å². The lowest BCUT2D eigenvalue weighted by atomic mass is 10.2. The van der Waals surface area contributed by atoms with Crippen molar-refractivity contribution in [2.75, 3.05) is 19.1 Å². The Morgan fingerprint density at radius 3 is 3.12 bits per heavy atom. The summed E-state index contributed by atoms with van der Waals surface area (Å²) in [5.41, 5.74) is 0. The van der Waals surface area contributed by atoms with Crippen LogP contribution in [0.3, 0.4) is 0 Å². The van der Waals surface area contributed by atoms with Gasteiger partial charge in [-0.3, -0.25) is 4.99 Å². The highest BCUT2D eigenvalue weighted by atomic mass is 32.2. The van der Waals surface area contributed by atoms with E-state index < -0.39 is 6.04 Å². The van der Waals surface area contributed by atoms with Gasteiger partial charge < -0.3 is 9.15 Å². The number of rotatable bonds is 6. The lowest BCUT2D eigenvalue weighted by molar-refractivity contribution is -0.142. The molecule has 88 valence electrons. The summed E-state index contributed by atoms with van der Waals surface area (Å²) in [6, 6.07) is 3.12. The zero-order chi connectivity index (χ0) is 11.8. The van der Waals surface area contributed by atoms with E-state index in [1.54, 1.807) is 36.4 Å². The van der Waals surface area contributed by atoms with Gasteiger partial charge in [-0.05, 0) is 30.6 Å². The first-order chi connectivity index (χ1) is 7.77. The number of carbonyl (C=O) groups is 1. The van der Waals surface area contributed by atoms with Crippen LogP contribution in [0.4, 0.5) is 0 Å². The molecule has 0 saturated carbocycles. The molecule has 0 aliphatic carbocycles. The van der Waals surface area contributed by atoms with Crippen molar-refractivity contribution in [2.24, 2.45) is 4.99 Å². The van der Waals surface area contributed by atoms with E-state index in [9.17, 15) is 4.79 Å². The predicted octanol–water partition coefficient (Wildman–Crippen LogP) is 1.99. The number of aliphatic imine (C=N–C) groups is 1. The van der Waals surface area contributed by atoms with Crippen molar-refractivity contribution < 1.29 is 13.9 Å². The molecule has 0 aliphatic heterocycles. The first-order valence-corrected chi connectivity index (χ1v) is 6.30. The summed E-state index contributed by atoms with van der Waals surface area (Å²) in [4.78, 5) is 15.6. The molecule has 1 rings (SSSR count). The summed E-state index contributed by atoms with van der Waals surface area (Å²) in [5.74, 6) is 1.20. The molecule has 0 aliphatic rings. The number of esters is 1. The number of hydrogen-bond donors (Lipinski definition) is 0. The molecular formula is C11H15NO3S. The summed E-state index contributed by atoms with van der Waals surface area (Å²) in [6.07, 6.45) is 5.79. The van der Waals surface area contributed by atoms with Gasteiger partial charge >= 0.3 is 5.97 Å². The summed E-state index contributed by atoms with van der Waals surface area (Å²) in [7, 11) is 1.37. The number of ether oxygens (including phenoxy) is 1. The average Bonchev–Trinajstić information content (AvgIpc) is 2.81. The Bertz CT molecular complexity index is 335. The van der Waals surface area contributed by atoms with Crippen LogP contribution in [-0.4, -0.2) is 37.3 Å². The van der Waals surface area contributed by atoms with Crippen molar-refractivity contribution in [3.63, 3.8) is 0 Å². The molecule has 1 atom stereocenters. The molecule has 0 N–H and O–H groups in total. The molecule has 0 spiro atoms. The Morgan fingerprint density at radius 2 is 2.56 bits per heavy atom. The minimum atomic E-state index is -0.442. The maximum Gasteiger partial charge on any atom is 0.330 e. The topological polar surface area (TPSA) is 51.8 Å². The highest BCUT2D eigenvalue weighted by molar-refractivity contribution is 7.98. The monoisotopic (exact) mass is 241 g/mol. The molecule has 1 unspecified atom stereocenters. The SMILES string of the molecule is COC(=O)C(CCSC)N=Cc1ccco1. The Balaban J connectivity index is 2.58. The van der Waals surface area contributed by atoms with Crippen molar-refractivity contribution in [1.29, 1.82) is 0 Å². The molecule has 4 nitrogen and oxygen atoms in total. The third-order valence-electron chi connectivity index (χ3n) is 1.99. The first kappa shape index (κ1) is 12.8. The van der Waals surface area contributed by atoms with Crippen LogP contribution in [-0.2, 0) is 9.53 Å². The van der Waals surface area contributed by atoms with Crippen molar-refractivity contribution >= 4 is 23.9 Å². The van der Waals surface area contributed by atoms with E-state index in [1.807, 2.05) is 6.26 Å². The standard InChI is InChI=1S/C11H15NO3S/c1-14-11(13)10(5-7-16-2)12-8-9-4-3-6-15-9/h3-4,6,8,10H,5,7H2,1-2H3. The lowest BCUT2D eigenvalue weighted by Gasteiger charge is -2.08. The lowest BCUT2D eigenvalue weighted by Crippen LogP contribution is -2.21. The minimum absolute atomic E-state index is 0.308. The first-order valence-electron chi connectivity index (χ1n) is 4.91. The number of methoxy groups -OCH3 is 1. The number of hydrogen-bond acceptors (Lipinski definition) is 5. The van der Waals surface area contributed by atoms with E-state index in [0.717, 1.165) is 5.75 Å². The van der Waals surface area contributed by atoms with Crippen LogP contribution in [0, 0.1) is 0 Å². The Morgan fingerprint density at radius 1 is 1.75 bits per heavy atom. The van der Waals surface area contributed by atoms with Crippen molar-refractivity contribution in [2.45, 2.75) is 12.5 Å². The molecule has 5 heteroatoms. The van der Waals surface area contributed by atoms with Crippen LogP contribution in [0.25, 0.3) is 0 Å². The normalized spacial score (nSPS) is 12.9. The molecule has 16 heavy (non-hydrogen) atoms. The van der Waals surface area contributed by atoms with Crippen molar-refractivity contribution in [3.05, 3.63) is 24.2 Å². The smallest absolute Gasteiger partial charge is 0.330 e. The van der Waals surface area contributed by atoms with Gasteiger partial charge in [-0.2, -0.15) is 11.8 Å². The summed E-state index contributed by atoms with van der Waals surface area (Å²) in [6.45, 7) is 0. The Kier molecular flexibility index (Phi) is 5.71. The second kappa shape index (κ2) is 7.11. The Hall–Kier alpha value is -1.23. The minimum Gasteiger partial charge on any atom is -0.467 e. The van der Waals surface area contributed by atoms with Gasteiger partial charge in [0.2, 0.25) is 0 Å². The number of thioether (sulfide) groups is 1. The molecule has 0 amide bonds. The second-order valence-corrected chi connectivity index (χ2v) is 4.10. The van der Waals surface area contributed by atoms with E-state index in [1.165, 1.54) is 7.11 Å². The number of nitrogens with zero attached hydrogens (tertiary/aromatic N) is 1. The summed E-state index contributed by atoms with van der Waals surface area (Å²) < 4.78 is 9.78. The van der Waals surface area contributed by atoms with E-state index >= 15 is 0 Å². The van der Waals surface area contributed by atoms with Gasteiger partial charge in [0, 0.05) is 0 Å². The second-order valence-electron chi connectivity index (χ2n) is 3.11. The molecule has 1 aromatic rings. The fourth-order valence-electron chi connectivity index (χ4n) is 1.15. The number of furan rings is 1. The fourth-order valence-corrected chi connectivity index (χ4v) is 1.61. The zero-order valence-corrected chi connectivity index (χ0v) is 10.2. The van der Waals surface area contributed by atoms with Crippen LogP contribution >= 0.6 is 11.8 Å². The summed E-state index contributed by atoms with van der Waals surface area (Å²) in [5, 5.41) is 0. The molecular weight excluding hydrogens is 226 g/mol. The Labute approximate surface area is 99.1 Å². The predicted molar refractivity (Wildman–Crippen MR) is 65.1 cm³/mol. The largest absolute Gasteiger partial charge is 0.467 e. The van der Waals surface area contributed by atoms with Crippen LogP contribution in [0.2, 0.25) is 0 Å². The van der Waals surface area contributed by atoms with Gasteiger partial charge in [-0.1, -0.05) is 0 Å². The average molecular weight is 241 g/mol. The van der Waals surface area contributed by atoms with E-state index in [-0.39, 0.29) is 5.97 Å². The van der Waals surface area contributed by atoms with Crippen LogP contribution in [0.1, 0.15) is 12.2 Å². The molecule has 0 saturated heterocycles. The molecule has 0 fully saturated rings. The van der Waals surface area contributed by atoms with E-state index in [0.29, 0.717) is 12.2 Å².